The third-order valence-corrected chi connectivity index (χ3v) is 8.78. The Morgan fingerprint density at radius 2 is 1.57 bits per heavy atom. The van der Waals surface area contributed by atoms with Crippen LogP contribution in [-0.4, -0.2) is 27.8 Å². The Labute approximate surface area is 138 Å². The van der Waals surface area contributed by atoms with Crippen molar-refractivity contribution >= 4 is 0 Å². The first-order valence-electron chi connectivity index (χ1n) is 9.77. The third kappa shape index (κ3) is 1.38. The van der Waals surface area contributed by atoms with Crippen molar-refractivity contribution in [2.75, 3.05) is 0 Å². The number of ether oxygens (including phenoxy) is 2. The third-order valence-electron chi connectivity index (χ3n) is 8.78. The minimum Gasteiger partial charge on any atom is -0.412 e. The molecule has 7 aliphatic rings. The molecule has 4 aliphatic carbocycles. The average Bonchev–Trinajstić information content (AvgIpc) is 2.70. The molecule has 23 heavy (non-hydrogen) atoms. The summed E-state index contributed by atoms with van der Waals surface area (Å²) in [6, 6.07) is 0. The zero-order valence-corrected chi connectivity index (χ0v) is 14.0. The first-order chi connectivity index (χ1) is 10.6. The molecule has 0 aromatic carbocycles. The van der Waals surface area contributed by atoms with Gasteiger partial charge < -0.3 is 20.1 Å². The van der Waals surface area contributed by atoms with Crippen LogP contribution in [0.4, 0.5) is 0 Å². The summed E-state index contributed by atoms with van der Waals surface area (Å²) in [6.07, 6.45) is 14.5. The Morgan fingerprint density at radius 3 is 2.43 bits per heavy atom. The quantitative estimate of drug-likeness (QED) is 0.745. The predicted molar refractivity (Wildman–Crippen MR) is 84.5 cm³/mol. The highest BCUT2D eigenvalue weighted by atomic mass is 16.8. The van der Waals surface area contributed by atoms with Gasteiger partial charge in [0.2, 0.25) is 0 Å². The molecule has 0 aromatic heterocycles. The zero-order chi connectivity index (χ0) is 14.6. The van der Waals surface area contributed by atoms with Gasteiger partial charge in [-0.2, -0.15) is 0 Å². The van der Waals surface area contributed by atoms with Gasteiger partial charge in [-0.1, -0.05) is 19.3 Å². The Balaban J connectivity index is 0.00000121. The van der Waals surface area contributed by atoms with Crippen molar-refractivity contribution in [1.29, 1.82) is 0 Å². The molecule has 7 atom stereocenters. The molecule has 7 rings (SSSR count). The Bertz CT molecular complexity index is 537. The molecule has 3 aliphatic heterocycles. The van der Waals surface area contributed by atoms with Crippen molar-refractivity contribution in [2.45, 2.75) is 94.2 Å². The molecule has 3 saturated heterocycles. The molecule has 0 amide bonds. The van der Waals surface area contributed by atoms with Crippen LogP contribution in [-0.2, 0) is 9.47 Å². The van der Waals surface area contributed by atoms with E-state index in [-0.39, 0.29) is 16.5 Å². The van der Waals surface area contributed by atoms with Crippen molar-refractivity contribution in [3.8, 4) is 0 Å². The van der Waals surface area contributed by atoms with Gasteiger partial charge in [0.05, 0.1) is 11.0 Å². The molecule has 3 spiro atoms. The van der Waals surface area contributed by atoms with Gasteiger partial charge in [0, 0.05) is 18.3 Å². The molecule has 130 valence electrons. The van der Waals surface area contributed by atoms with Crippen molar-refractivity contribution in [1.82, 2.24) is 0 Å². The van der Waals surface area contributed by atoms with E-state index in [4.69, 9.17) is 9.47 Å². The van der Waals surface area contributed by atoms with Crippen LogP contribution in [0.2, 0.25) is 0 Å². The number of aliphatic hydroxyl groups is 1. The van der Waals surface area contributed by atoms with Crippen LogP contribution in [0, 0.1) is 23.2 Å². The molecule has 6 unspecified atom stereocenters. The highest BCUT2D eigenvalue weighted by Gasteiger charge is 2.84. The highest BCUT2D eigenvalue weighted by Crippen LogP contribution is 2.78. The fourth-order valence-corrected chi connectivity index (χ4v) is 8.04. The largest absolute Gasteiger partial charge is 0.412 e. The lowest BCUT2D eigenvalue weighted by atomic mass is 9.46. The first kappa shape index (κ1) is 15.1. The second-order valence-electron chi connectivity index (χ2n) is 9.24. The summed E-state index contributed by atoms with van der Waals surface area (Å²) in [5.74, 6) is 0.275. The summed E-state index contributed by atoms with van der Waals surface area (Å²) in [7, 11) is 0. The predicted octanol–water partition coefficient (Wildman–Crippen LogP) is 2.92. The maximum Gasteiger partial charge on any atom is 0.180 e. The van der Waals surface area contributed by atoms with E-state index in [1.807, 2.05) is 0 Å². The van der Waals surface area contributed by atoms with Crippen LogP contribution in [0.15, 0.2) is 0 Å². The Morgan fingerprint density at radius 1 is 0.783 bits per heavy atom. The monoisotopic (exact) mass is 322 g/mol. The van der Waals surface area contributed by atoms with Crippen LogP contribution in [0.25, 0.3) is 0 Å². The van der Waals surface area contributed by atoms with E-state index in [2.05, 4.69) is 0 Å². The fraction of sp³-hybridized carbons (Fsp3) is 1.00. The summed E-state index contributed by atoms with van der Waals surface area (Å²) < 4.78 is 13.6. The standard InChI is InChI=1S/C19H28O3.H2O/c20-19-14-7-10-16(19)12-15-6-2-4-9-18(15,22-19)21-17(16)8-3-1-5-13(17)11-14;/h13-15,20H,1-12H2;1H2/t13?,14?,15?,16?,17-,18?,19?;/m1./s1. The normalized spacial score (nSPS) is 62.2. The van der Waals surface area contributed by atoms with Gasteiger partial charge in [-0.15, -0.1) is 0 Å². The van der Waals surface area contributed by atoms with Crippen molar-refractivity contribution in [3.05, 3.63) is 0 Å². The first-order valence-corrected chi connectivity index (χ1v) is 9.77. The highest BCUT2D eigenvalue weighted by molar-refractivity contribution is 5.27. The second kappa shape index (κ2) is 4.32. The minimum absolute atomic E-state index is 0. The number of hydrogen-bond donors (Lipinski definition) is 1. The minimum atomic E-state index is -0.868. The summed E-state index contributed by atoms with van der Waals surface area (Å²) >= 11 is 0. The molecule has 3 N–H and O–H groups in total. The number of hydrogen-bond acceptors (Lipinski definition) is 3. The van der Waals surface area contributed by atoms with Crippen LogP contribution < -0.4 is 0 Å². The lowest BCUT2D eigenvalue weighted by molar-refractivity contribution is -0.548. The van der Waals surface area contributed by atoms with E-state index < -0.39 is 11.6 Å². The van der Waals surface area contributed by atoms with Crippen molar-refractivity contribution in [3.63, 3.8) is 0 Å². The van der Waals surface area contributed by atoms with E-state index in [1.165, 1.54) is 51.4 Å². The van der Waals surface area contributed by atoms with E-state index in [0.29, 0.717) is 17.8 Å². The van der Waals surface area contributed by atoms with Gasteiger partial charge in [-0.3, -0.25) is 0 Å². The molecule has 5 bridgehead atoms. The van der Waals surface area contributed by atoms with Crippen LogP contribution in [0.5, 0.6) is 0 Å². The van der Waals surface area contributed by atoms with E-state index in [1.54, 1.807) is 0 Å². The van der Waals surface area contributed by atoms with Gasteiger partial charge in [0.1, 0.15) is 0 Å². The molecular weight excluding hydrogens is 292 g/mol. The van der Waals surface area contributed by atoms with Gasteiger partial charge in [-0.25, -0.2) is 0 Å². The molecule has 4 heteroatoms. The second-order valence-corrected chi connectivity index (χ2v) is 9.24. The van der Waals surface area contributed by atoms with E-state index in [0.717, 1.165) is 25.7 Å². The van der Waals surface area contributed by atoms with Gasteiger partial charge >= 0.3 is 0 Å². The van der Waals surface area contributed by atoms with Crippen LogP contribution in [0.3, 0.4) is 0 Å². The van der Waals surface area contributed by atoms with Crippen LogP contribution in [0.1, 0.15) is 77.0 Å². The van der Waals surface area contributed by atoms with Crippen LogP contribution >= 0.6 is 0 Å². The van der Waals surface area contributed by atoms with Gasteiger partial charge in [0.25, 0.3) is 0 Å². The van der Waals surface area contributed by atoms with Crippen molar-refractivity contribution < 1.29 is 20.1 Å². The van der Waals surface area contributed by atoms with Crippen molar-refractivity contribution in [2.24, 2.45) is 23.2 Å². The lowest BCUT2D eigenvalue weighted by Gasteiger charge is -2.75. The lowest BCUT2D eigenvalue weighted by Crippen LogP contribution is -2.82. The topological polar surface area (TPSA) is 70.2 Å². The van der Waals surface area contributed by atoms with E-state index in [9.17, 15) is 5.11 Å². The smallest absolute Gasteiger partial charge is 0.180 e. The Kier molecular flexibility index (Phi) is 2.84. The summed E-state index contributed by atoms with van der Waals surface area (Å²) in [5.41, 5.74) is -0.142. The number of rotatable bonds is 0. The molecule has 7 fully saturated rings. The van der Waals surface area contributed by atoms with Gasteiger partial charge in [0.15, 0.2) is 11.6 Å². The molecule has 3 heterocycles. The molecular formula is C19H30O4. The maximum absolute atomic E-state index is 11.7. The average molecular weight is 322 g/mol. The fourth-order valence-electron chi connectivity index (χ4n) is 8.04. The molecule has 4 nitrogen and oxygen atoms in total. The summed E-state index contributed by atoms with van der Waals surface area (Å²) in [6.45, 7) is 0. The molecule has 4 saturated carbocycles. The zero-order valence-electron chi connectivity index (χ0n) is 14.0. The summed E-state index contributed by atoms with van der Waals surface area (Å²) in [4.78, 5) is 0. The summed E-state index contributed by atoms with van der Waals surface area (Å²) in [5, 5.41) is 11.7. The molecule has 0 aromatic rings. The van der Waals surface area contributed by atoms with Gasteiger partial charge in [-0.05, 0) is 57.3 Å². The van der Waals surface area contributed by atoms with E-state index >= 15 is 0 Å². The SMILES string of the molecule is O.OC12OC34CCCCC3CC13CCC2CC1CCCC[C@@]13O4. The maximum atomic E-state index is 11.7. The molecule has 0 radical (unpaired) electrons. The Hall–Kier alpha value is -0.160.